The lowest BCUT2D eigenvalue weighted by Gasteiger charge is -2.43. The zero-order chi connectivity index (χ0) is 28.2. The van der Waals surface area contributed by atoms with Crippen molar-refractivity contribution < 1.29 is 14.3 Å². The van der Waals surface area contributed by atoms with Crippen molar-refractivity contribution in [2.24, 2.45) is 5.92 Å². The Morgan fingerprint density at radius 2 is 1.88 bits per heavy atom. The van der Waals surface area contributed by atoms with Crippen LogP contribution in [0, 0.1) is 17.2 Å². The van der Waals surface area contributed by atoms with E-state index >= 15 is 0 Å². The highest BCUT2D eigenvalue weighted by Gasteiger charge is 2.29. The minimum absolute atomic E-state index is 0.0597. The zero-order valence-corrected chi connectivity index (χ0v) is 23.1. The fourth-order valence-electron chi connectivity index (χ4n) is 5.61. The van der Waals surface area contributed by atoms with Gasteiger partial charge in [-0.2, -0.15) is 10.2 Å². The van der Waals surface area contributed by atoms with Crippen LogP contribution >= 0.6 is 0 Å². The summed E-state index contributed by atoms with van der Waals surface area (Å²) in [5, 5.41) is 13.1. The number of hydrogen-bond donors (Lipinski definition) is 1. The molecule has 2 aromatic carbocycles. The van der Waals surface area contributed by atoms with Gasteiger partial charge in [-0.25, -0.2) is 9.97 Å². The highest BCUT2D eigenvalue weighted by molar-refractivity contribution is 5.64. The number of piperazine rings is 1. The third-order valence-electron chi connectivity index (χ3n) is 8.16. The molecule has 3 aliphatic heterocycles. The molecule has 3 aromatic rings. The van der Waals surface area contributed by atoms with E-state index in [1.165, 1.54) is 12.0 Å². The number of nitriles is 1. The van der Waals surface area contributed by atoms with Crippen molar-refractivity contribution >= 4 is 23.7 Å². The molecule has 41 heavy (non-hydrogen) atoms. The Kier molecular flexibility index (Phi) is 7.93. The molecule has 0 aliphatic carbocycles. The first-order valence-corrected chi connectivity index (χ1v) is 14.1. The number of nitrogens with zero attached hydrogens (tertiary/aromatic N) is 7. The minimum Gasteiger partial charge on any atom is -0.489 e. The summed E-state index contributed by atoms with van der Waals surface area (Å²) < 4.78 is 11.6. The summed E-state index contributed by atoms with van der Waals surface area (Å²) in [7, 11) is 0. The summed E-state index contributed by atoms with van der Waals surface area (Å²) in [6.45, 7) is 9.20. The van der Waals surface area contributed by atoms with Crippen LogP contribution in [-0.4, -0.2) is 95.8 Å². The van der Waals surface area contributed by atoms with Crippen LogP contribution in [0.1, 0.15) is 18.9 Å². The van der Waals surface area contributed by atoms with Crippen molar-refractivity contribution in [2.45, 2.75) is 25.5 Å². The Morgan fingerprint density at radius 3 is 2.56 bits per heavy atom. The van der Waals surface area contributed by atoms with Crippen molar-refractivity contribution in [3.05, 3.63) is 54.4 Å². The normalized spacial score (nSPS) is 21.6. The number of likely N-dealkylation sites (tertiary alicyclic amines) is 1. The number of carbonyl (C=O) groups is 1. The molecule has 1 amide bonds. The van der Waals surface area contributed by atoms with Crippen LogP contribution in [0.15, 0.2) is 48.8 Å². The summed E-state index contributed by atoms with van der Waals surface area (Å²) in [5.41, 5.74) is 3.20. The molecule has 1 N–H and O–H groups in total. The molecule has 0 radical (unpaired) electrons. The van der Waals surface area contributed by atoms with Gasteiger partial charge in [-0.1, -0.05) is 6.92 Å². The lowest BCUT2D eigenvalue weighted by molar-refractivity contribution is -0.121. The molecule has 0 unspecified atom stereocenters. The number of hydrogen-bond acceptors (Lipinski definition) is 10. The van der Waals surface area contributed by atoms with Crippen molar-refractivity contribution in [3.63, 3.8) is 0 Å². The van der Waals surface area contributed by atoms with Gasteiger partial charge in [0.2, 0.25) is 12.4 Å². The van der Waals surface area contributed by atoms with Gasteiger partial charge < -0.3 is 24.6 Å². The van der Waals surface area contributed by atoms with Gasteiger partial charge in [-0.05, 0) is 42.5 Å². The van der Waals surface area contributed by atoms with Gasteiger partial charge in [0, 0.05) is 68.5 Å². The zero-order valence-electron chi connectivity index (χ0n) is 23.1. The summed E-state index contributed by atoms with van der Waals surface area (Å²) in [5.74, 6) is 1.58. The lowest BCUT2D eigenvalue weighted by Crippen LogP contribution is -2.56. The Hall–Kier alpha value is -4.27. The van der Waals surface area contributed by atoms with E-state index in [-0.39, 0.29) is 12.0 Å². The monoisotopic (exact) mass is 554 g/mol. The molecular weight excluding hydrogens is 520 g/mol. The second kappa shape index (κ2) is 12.1. The van der Waals surface area contributed by atoms with E-state index in [2.05, 4.69) is 55.2 Å². The van der Waals surface area contributed by atoms with Crippen LogP contribution in [-0.2, 0) is 9.53 Å². The molecule has 212 valence electrons. The average Bonchev–Trinajstić information content (AvgIpc) is 2.98. The Labute approximate surface area is 239 Å². The Morgan fingerprint density at radius 1 is 1.07 bits per heavy atom. The number of rotatable bonds is 8. The predicted octanol–water partition coefficient (Wildman–Crippen LogP) is 2.92. The van der Waals surface area contributed by atoms with Crippen molar-refractivity contribution in [1.82, 2.24) is 24.8 Å². The fraction of sp³-hybridized carbons (Fsp3) is 0.433. The molecule has 0 saturated carbocycles. The van der Waals surface area contributed by atoms with Gasteiger partial charge in [-0.15, -0.1) is 0 Å². The number of benzene rings is 2. The number of ether oxygens (including phenoxy) is 2. The number of carbonyl (C=O) groups excluding carboxylic acids is 1. The fourth-order valence-corrected chi connectivity index (χ4v) is 5.61. The SMILES string of the molecule is C[C@@H]1CN(C=O)CC[C@@H]1Oc1ccc(-c2ncnc(Nc3ccc(N4CCN(C5COC5)CC4)cc3)n2)cc1C#N. The molecule has 3 fully saturated rings. The first-order valence-electron chi connectivity index (χ1n) is 14.1. The number of aromatic nitrogens is 3. The van der Waals surface area contributed by atoms with Gasteiger partial charge >= 0.3 is 0 Å². The van der Waals surface area contributed by atoms with Gasteiger partial charge in [0.1, 0.15) is 24.3 Å². The van der Waals surface area contributed by atoms with E-state index in [1.54, 1.807) is 17.0 Å². The van der Waals surface area contributed by atoms with Crippen LogP contribution in [0.25, 0.3) is 11.4 Å². The molecule has 2 atom stereocenters. The van der Waals surface area contributed by atoms with E-state index in [0.29, 0.717) is 47.8 Å². The maximum absolute atomic E-state index is 11.1. The number of piperidine rings is 1. The van der Waals surface area contributed by atoms with Crippen molar-refractivity contribution in [1.29, 1.82) is 5.26 Å². The first-order chi connectivity index (χ1) is 20.1. The topological polar surface area (TPSA) is 120 Å². The molecule has 4 heterocycles. The molecule has 3 saturated heterocycles. The van der Waals surface area contributed by atoms with Crippen molar-refractivity contribution in [3.8, 4) is 23.2 Å². The van der Waals surface area contributed by atoms with Crippen LogP contribution in [0.3, 0.4) is 0 Å². The molecule has 0 spiro atoms. The lowest BCUT2D eigenvalue weighted by atomic mass is 9.96. The molecular formula is C30H34N8O3. The Bertz CT molecular complexity index is 1400. The number of nitrogens with one attached hydrogen (secondary N) is 1. The molecule has 3 aliphatic rings. The molecule has 11 nitrogen and oxygen atoms in total. The van der Waals surface area contributed by atoms with E-state index in [9.17, 15) is 10.1 Å². The van der Waals surface area contributed by atoms with Crippen LogP contribution in [0.4, 0.5) is 17.3 Å². The van der Waals surface area contributed by atoms with Gasteiger partial charge in [0.05, 0.1) is 24.8 Å². The molecule has 1 aromatic heterocycles. The summed E-state index contributed by atoms with van der Waals surface area (Å²) in [4.78, 5) is 31.0. The maximum atomic E-state index is 11.1. The van der Waals surface area contributed by atoms with Gasteiger partial charge in [0.15, 0.2) is 5.82 Å². The second-order valence-electron chi connectivity index (χ2n) is 10.9. The molecule has 11 heteroatoms. The van der Waals surface area contributed by atoms with E-state index in [1.807, 2.05) is 18.2 Å². The predicted molar refractivity (Wildman–Crippen MR) is 154 cm³/mol. The third-order valence-corrected chi connectivity index (χ3v) is 8.16. The van der Waals surface area contributed by atoms with E-state index in [0.717, 1.165) is 57.9 Å². The highest BCUT2D eigenvalue weighted by atomic mass is 16.5. The first kappa shape index (κ1) is 26.9. The second-order valence-corrected chi connectivity index (χ2v) is 10.9. The number of anilines is 3. The number of amides is 1. The molecule has 0 bridgehead atoms. The molecule has 6 rings (SSSR count). The average molecular weight is 555 g/mol. The minimum atomic E-state index is -0.0597. The quantitative estimate of drug-likeness (QED) is 0.416. The highest BCUT2D eigenvalue weighted by Crippen LogP contribution is 2.29. The van der Waals surface area contributed by atoms with Crippen LogP contribution < -0.4 is 15.0 Å². The van der Waals surface area contributed by atoms with Crippen LogP contribution in [0.5, 0.6) is 5.75 Å². The third kappa shape index (κ3) is 6.09. The van der Waals surface area contributed by atoms with Crippen LogP contribution in [0.2, 0.25) is 0 Å². The maximum Gasteiger partial charge on any atom is 0.230 e. The van der Waals surface area contributed by atoms with Gasteiger partial charge in [0.25, 0.3) is 0 Å². The summed E-state index contributed by atoms with van der Waals surface area (Å²) >= 11 is 0. The standard InChI is InChI=1S/C30H34N8O3/c1-21-16-36(20-39)9-8-27(21)41-28-7-2-22(14-23(28)15-31)29-32-19-33-30(35-29)34-24-3-5-25(6-4-24)37-10-12-38(13-11-37)26-17-40-18-26/h2-7,14,19-21,26-27H,8-13,16-18H2,1H3,(H,32,33,34,35)/t21-,27+/m1/s1. The van der Waals surface area contributed by atoms with Crippen molar-refractivity contribution in [2.75, 3.05) is 62.7 Å². The van der Waals surface area contributed by atoms with E-state index in [4.69, 9.17) is 9.47 Å². The van der Waals surface area contributed by atoms with E-state index < -0.39 is 0 Å². The summed E-state index contributed by atoms with van der Waals surface area (Å²) in [6.07, 6.45) is 3.01. The Balaban J connectivity index is 1.09. The van der Waals surface area contributed by atoms with Gasteiger partial charge in [-0.3, -0.25) is 9.69 Å². The smallest absolute Gasteiger partial charge is 0.230 e. The largest absolute Gasteiger partial charge is 0.489 e. The summed E-state index contributed by atoms with van der Waals surface area (Å²) in [6, 6.07) is 16.5.